The maximum absolute atomic E-state index is 12.2. The minimum atomic E-state index is -3.48. The van der Waals surface area contributed by atoms with Crippen molar-refractivity contribution >= 4 is 21.4 Å². The molecule has 0 amide bonds. The lowest BCUT2D eigenvalue weighted by Crippen LogP contribution is -2.22. The van der Waals surface area contributed by atoms with Crippen LogP contribution in [-0.4, -0.2) is 15.0 Å². The summed E-state index contributed by atoms with van der Waals surface area (Å²) < 4.78 is 32.4. The number of hydrogen-bond acceptors (Lipinski definition) is 4. The predicted octanol–water partition coefficient (Wildman–Crippen LogP) is 3.41. The van der Waals surface area contributed by atoms with E-state index in [4.69, 9.17) is 4.74 Å². The molecule has 2 rings (SSSR count). The highest BCUT2D eigenvalue weighted by atomic mass is 32.2. The molecular weight excluding hydrogens is 306 g/mol. The van der Waals surface area contributed by atoms with Crippen molar-refractivity contribution in [2.45, 2.75) is 31.2 Å². The van der Waals surface area contributed by atoms with Crippen molar-refractivity contribution < 1.29 is 13.2 Å². The molecule has 0 aliphatic heterocycles. The highest BCUT2D eigenvalue weighted by Gasteiger charge is 2.13. The maximum atomic E-state index is 12.2. The van der Waals surface area contributed by atoms with E-state index in [1.807, 2.05) is 17.5 Å². The minimum Gasteiger partial charge on any atom is -0.494 e. The van der Waals surface area contributed by atoms with Crippen LogP contribution in [0, 0.1) is 0 Å². The molecule has 0 aliphatic carbocycles. The largest absolute Gasteiger partial charge is 0.494 e. The second-order valence-electron chi connectivity index (χ2n) is 4.58. The molecule has 0 atom stereocenters. The van der Waals surface area contributed by atoms with Crippen LogP contribution in [0.3, 0.4) is 0 Å². The summed E-state index contributed by atoms with van der Waals surface area (Å²) in [7, 11) is -3.48. The Balaban J connectivity index is 1.96. The van der Waals surface area contributed by atoms with Crippen LogP contribution < -0.4 is 9.46 Å². The summed E-state index contributed by atoms with van der Waals surface area (Å²) in [5.74, 6) is 0.695. The van der Waals surface area contributed by atoms with Crippen molar-refractivity contribution in [1.29, 1.82) is 0 Å². The second kappa shape index (κ2) is 7.59. The third-order valence-electron chi connectivity index (χ3n) is 2.92. The molecule has 0 unspecified atom stereocenters. The van der Waals surface area contributed by atoms with Gasteiger partial charge in [0.1, 0.15) is 5.75 Å². The van der Waals surface area contributed by atoms with Crippen LogP contribution in [-0.2, 0) is 16.6 Å². The summed E-state index contributed by atoms with van der Waals surface area (Å²) in [6, 6.07) is 10.3. The first-order chi connectivity index (χ1) is 10.1. The fourth-order valence-corrected chi connectivity index (χ4v) is 3.45. The molecule has 0 fully saturated rings. The standard InChI is InChI=1S/C15H19NO3S2/c1-2-3-10-19-13-6-8-15(9-7-13)21(17,18)16-12-14-5-4-11-20-14/h4-9,11,16H,2-3,10,12H2,1H3. The number of benzene rings is 1. The van der Waals surface area contributed by atoms with Gasteiger partial charge in [-0.2, -0.15) is 0 Å². The van der Waals surface area contributed by atoms with Crippen molar-refractivity contribution in [3.63, 3.8) is 0 Å². The van der Waals surface area contributed by atoms with Crippen molar-refractivity contribution in [2.75, 3.05) is 6.61 Å². The third-order valence-corrected chi connectivity index (χ3v) is 5.21. The van der Waals surface area contributed by atoms with Crippen molar-refractivity contribution in [3.8, 4) is 5.75 Å². The van der Waals surface area contributed by atoms with E-state index < -0.39 is 10.0 Å². The molecule has 1 N–H and O–H groups in total. The Labute approximate surface area is 129 Å². The fourth-order valence-electron chi connectivity index (χ4n) is 1.71. The van der Waals surface area contributed by atoms with Gasteiger partial charge in [-0.05, 0) is 42.1 Å². The molecule has 0 aliphatic rings. The summed E-state index contributed by atoms with van der Waals surface area (Å²) in [4.78, 5) is 1.24. The molecule has 0 spiro atoms. The average Bonchev–Trinajstić information content (AvgIpc) is 3.00. The highest BCUT2D eigenvalue weighted by molar-refractivity contribution is 7.89. The third kappa shape index (κ3) is 4.84. The molecule has 0 saturated heterocycles. The van der Waals surface area contributed by atoms with Crippen LogP contribution in [0.5, 0.6) is 5.75 Å². The molecule has 21 heavy (non-hydrogen) atoms. The van der Waals surface area contributed by atoms with Crippen LogP contribution in [0.25, 0.3) is 0 Å². The van der Waals surface area contributed by atoms with Crippen LogP contribution in [0.15, 0.2) is 46.7 Å². The Morgan fingerprint density at radius 2 is 1.95 bits per heavy atom. The highest BCUT2D eigenvalue weighted by Crippen LogP contribution is 2.17. The van der Waals surface area contributed by atoms with Gasteiger partial charge in [0.25, 0.3) is 0 Å². The van der Waals surface area contributed by atoms with Gasteiger partial charge in [-0.25, -0.2) is 13.1 Å². The number of sulfonamides is 1. The number of unbranched alkanes of at least 4 members (excludes halogenated alkanes) is 1. The zero-order valence-electron chi connectivity index (χ0n) is 11.9. The lowest BCUT2D eigenvalue weighted by Gasteiger charge is -2.08. The van der Waals surface area contributed by atoms with Crippen LogP contribution in [0.4, 0.5) is 0 Å². The van der Waals surface area contributed by atoms with Gasteiger partial charge in [0.05, 0.1) is 11.5 Å². The first kappa shape index (κ1) is 16.0. The number of thiophene rings is 1. The van der Waals surface area contributed by atoms with E-state index in [1.165, 1.54) is 11.3 Å². The van der Waals surface area contributed by atoms with Gasteiger partial charge in [-0.15, -0.1) is 11.3 Å². The summed E-state index contributed by atoms with van der Waals surface area (Å²) in [6.07, 6.45) is 2.06. The lowest BCUT2D eigenvalue weighted by molar-refractivity contribution is 0.309. The molecular formula is C15H19NO3S2. The van der Waals surface area contributed by atoms with E-state index in [2.05, 4.69) is 11.6 Å². The van der Waals surface area contributed by atoms with E-state index in [1.54, 1.807) is 24.3 Å². The summed E-state index contributed by atoms with van der Waals surface area (Å²) >= 11 is 1.53. The molecule has 0 radical (unpaired) electrons. The molecule has 0 bridgehead atoms. The average molecular weight is 325 g/mol. The van der Waals surface area contributed by atoms with Crippen molar-refractivity contribution in [3.05, 3.63) is 46.7 Å². The molecule has 2 aromatic rings. The zero-order valence-corrected chi connectivity index (χ0v) is 13.5. The number of rotatable bonds is 8. The minimum absolute atomic E-state index is 0.252. The van der Waals surface area contributed by atoms with Crippen LogP contribution >= 0.6 is 11.3 Å². The first-order valence-electron chi connectivity index (χ1n) is 6.87. The quantitative estimate of drug-likeness (QED) is 0.757. The van der Waals surface area contributed by atoms with E-state index in [9.17, 15) is 8.42 Å². The Hall–Kier alpha value is -1.37. The monoisotopic (exact) mass is 325 g/mol. The summed E-state index contributed by atoms with van der Waals surface area (Å²) in [6.45, 7) is 3.06. The van der Waals surface area contributed by atoms with Crippen molar-refractivity contribution in [2.24, 2.45) is 0 Å². The Morgan fingerprint density at radius 1 is 1.19 bits per heavy atom. The zero-order chi connectivity index (χ0) is 15.1. The van der Waals surface area contributed by atoms with E-state index in [0.29, 0.717) is 18.9 Å². The topological polar surface area (TPSA) is 55.4 Å². The number of ether oxygens (including phenoxy) is 1. The Kier molecular flexibility index (Phi) is 5.78. The molecule has 1 aromatic heterocycles. The predicted molar refractivity (Wildman–Crippen MR) is 85.2 cm³/mol. The smallest absolute Gasteiger partial charge is 0.240 e. The van der Waals surface area contributed by atoms with Gasteiger partial charge in [-0.1, -0.05) is 19.4 Å². The molecule has 114 valence electrons. The van der Waals surface area contributed by atoms with Gasteiger partial charge < -0.3 is 4.74 Å². The Bertz CT molecular complexity index is 634. The van der Waals surface area contributed by atoms with Gasteiger partial charge in [-0.3, -0.25) is 0 Å². The van der Waals surface area contributed by atoms with Gasteiger partial charge >= 0.3 is 0 Å². The molecule has 0 saturated carbocycles. The van der Waals surface area contributed by atoms with Gasteiger partial charge in [0.2, 0.25) is 10.0 Å². The van der Waals surface area contributed by atoms with Crippen LogP contribution in [0.2, 0.25) is 0 Å². The summed E-state index contributed by atoms with van der Waals surface area (Å²) in [5.41, 5.74) is 0. The lowest BCUT2D eigenvalue weighted by atomic mass is 10.3. The number of nitrogens with one attached hydrogen (secondary N) is 1. The molecule has 1 heterocycles. The van der Waals surface area contributed by atoms with Crippen LogP contribution in [0.1, 0.15) is 24.6 Å². The van der Waals surface area contributed by atoms with Crippen molar-refractivity contribution in [1.82, 2.24) is 4.72 Å². The molecule has 1 aromatic carbocycles. The summed E-state index contributed by atoms with van der Waals surface area (Å²) in [5, 5.41) is 1.92. The molecule has 6 heteroatoms. The van der Waals surface area contributed by atoms with E-state index in [0.717, 1.165) is 17.7 Å². The molecule has 4 nitrogen and oxygen atoms in total. The normalized spacial score (nSPS) is 11.5. The number of hydrogen-bond donors (Lipinski definition) is 1. The fraction of sp³-hybridized carbons (Fsp3) is 0.333. The second-order valence-corrected chi connectivity index (χ2v) is 7.38. The first-order valence-corrected chi connectivity index (χ1v) is 9.23. The van der Waals surface area contributed by atoms with Gasteiger partial charge in [0.15, 0.2) is 0 Å². The SMILES string of the molecule is CCCCOc1ccc(S(=O)(=O)NCc2cccs2)cc1. The Morgan fingerprint density at radius 3 is 2.57 bits per heavy atom. The maximum Gasteiger partial charge on any atom is 0.240 e. The van der Waals surface area contributed by atoms with E-state index >= 15 is 0 Å². The van der Waals surface area contributed by atoms with Gasteiger partial charge in [0, 0.05) is 11.4 Å². The van der Waals surface area contributed by atoms with E-state index in [-0.39, 0.29) is 4.90 Å².